The number of hydrogen-bond acceptors (Lipinski definition) is 2. The van der Waals surface area contributed by atoms with E-state index in [0.29, 0.717) is 6.61 Å². The zero-order valence-electron chi connectivity index (χ0n) is 7.37. The van der Waals surface area contributed by atoms with E-state index < -0.39 is 0 Å². The summed E-state index contributed by atoms with van der Waals surface area (Å²) >= 11 is 3.35. The Balaban J connectivity index is 2.28. The van der Waals surface area contributed by atoms with Gasteiger partial charge in [-0.3, -0.25) is 0 Å². The summed E-state index contributed by atoms with van der Waals surface area (Å²) in [5.74, 6) is 0.979. The van der Waals surface area contributed by atoms with Gasteiger partial charge in [0.1, 0.15) is 11.5 Å². The van der Waals surface area contributed by atoms with E-state index in [0.717, 1.165) is 23.9 Å². The van der Waals surface area contributed by atoms with Gasteiger partial charge in [0.05, 0.1) is 6.61 Å². The zero-order valence-corrected chi connectivity index (χ0v) is 8.96. The SMILES string of the molecule is Oc1cccc(OCCCCBr)c1. The Labute approximate surface area is 86.7 Å². The van der Waals surface area contributed by atoms with E-state index in [1.165, 1.54) is 0 Å². The van der Waals surface area contributed by atoms with Crippen molar-refractivity contribution in [2.75, 3.05) is 11.9 Å². The zero-order chi connectivity index (χ0) is 9.52. The van der Waals surface area contributed by atoms with E-state index >= 15 is 0 Å². The van der Waals surface area contributed by atoms with Gasteiger partial charge < -0.3 is 9.84 Å². The standard InChI is InChI=1S/C10H13BrO2/c11-6-1-2-7-13-10-5-3-4-9(12)8-10/h3-5,8,12H,1-2,6-7H2. The van der Waals surface area contributed by atoms with Crippen LogP contribution in [-0.2, 0) is 0 Å². The predicted octanol–water partition coefficient (Wildman–Crippen LogP) is 2.95. The van der Waals surface area contributed by atoms with Crippen molar-refractivity contribution in [2.24, 2.45) is 0 Å². The van der Waals surface area contributed by atoms with E-state index in [1.807, 2.05) is 6.07 Å². The number of halogens is 1. The van der Waals surface area contributed by atoms with Gasteiger partial charge in [0, 0.05) is 11.4 Å². The van der Waals surface area contributed by atoms with Crippen LogP contribution in [-0.4, -0.2) is 17.0 Å². The fourth-order valence-electron chi connectivity index (χ4n) is 0.960. The van der Waals surface area contributed by atoms with Crippen molar-refractivity contribution >= 4 is 15.9 Å². The number of phenols is 1. The van der Waals surface area contributed by atoms with Gasteiger partial charge in [-0.1, -0.05) is 22.0 Å². The summed E-state index contributed by atoms with van der Waals surface area (Å²) < 4.78 is 5.41. The minimum Gasteiger partial charge on any atom is -0.508 e. The lowest BCUT2D eigenvalue weighted by Crippen LogP contribution is -1.96. The number of phenolic OH excluding ortho intramolecular Hbond substituents is 1. The molecule has 1 aromatic rings. The molecule has 72 valence electrons. The molecule has 0 aliphatic rings. The second-order valence-corrected chi connectivity index (χ2v) is 3.53. The largest absolute Gasteiger partial charge is 0.508 e. The second-order valence-electron chi connectivity index (χ2n) is 2.74. The summed E-state index contributed by atoms with van der Waals surface area (Å²) in [6.07, 6.45) is 2.14. The van der Waals surface area contributed by atoms with Crippen molar-refractivity contribution in [1.82, 2.24) is 0 Å². The molecule has 1 aromatic carbocycles. The minimum atomic E-state index is 0.248. The van der Waals surface area contributed by atoms with Gasteiger partial charge in [-0.15, -0.1) is 0 Å². The Morgan fingerprint density at radius 1 is 1.31 bits per heavy atom. The number of unbranched alkanes of at least 4 members (excludes halogenated alkanes) is 1. The maximum Gasteiger partial charge on any atom is 0.122 e. The van der Waals surface area contributed by atoms with Crippen LogP contribution in [0.5, 0.6) is 11.5 Å². The van der Waals surface area contributed by atoms with Crippen LogP contribution in [0.15, 0.2) is 24.3 Å². The summed E-state index contributed by atoms with van der Waals surface area (Å²) in [5.41, 5.74) is 0. The van der Waals surface area contributed by atoms with Gasteiger partial charge in [0.15, 0.2) is 0 Å². The molecule has 1 N–H and O–H groups in total. The molecule has 0 amide bonds. The van der Waals surface area contributed by atoms with Crippen molar-refractivity contribution in [1.29, 1.82) is 0 Å². The molecule has 0 aromatic heterocycles. The molecular formula is C10H13BrO2. The highest BCUT2D eigenvalue weighted by Gasteiger charge is 1.94. The van der Waals surface area contributed by atoms with Gasteiger partial charge >= 0.3 is 0 Å². The lowest BCUT2D eigenvalue weighted by atomic mass is 10.3. The van der Waals surface area contributed by atoms with Crippen LogP contribution >= 0.6 is 15.9 Å². The number of ether oxygens (including phenoxy) is 1. The van der Waals surface area contributed by atoms with Gasteiger partial charge in [-0.2, -0.15) is 0 Å². The third-order valence-corrected chi connectivity index (χ3v) is 2.18. The van der Waals surface area contributed by atoms with Gasteiger partial charge in [-0.05, 0) is 25.0 Å². The molecule has 0 atom stereocenters. The monoisotopic (exact) mass is 244 g/mol. The first-order chi connectivity index (χ1) is 6.33. The van der Waals surface area contributed by atoms with Crippen LogP contribution in [0, 0.1) is 0 Å². The average Bonchev–Trinajstić information content (AvgIpc) is 2.13. The third kappa shape index (κ3) is 4.18. The highest BCUT2D eigenvalue weighted by atomic mass is 79.9. The number of alkyl halides is 1. The first-order valence-electron chi connectivity index (χ1n) is 4.31. The fourth-order valence-corrected chi connectivity index (χ4v) is 1.36. The number of rotatable bonds is 5. The van der Waals surface area contributed by atoms with Crippen LogP contribution in [0.25, 0.3) is 0 Å². The molecule has 13 heavy (non-hydrogen) atoms. The summed E-state index contributed by atoms with van der Waals surface area (Å²) in [4.78, 5) is 0. The molecule has 0 saturated heterocycles. The number of aromatic hydroxyl groups is 1. The Morgan fingerprint density at radius 3 is 2.85 bits per heavy atom. The predicted molar refractivity (Wildman–Crippen MR) is 56.6 cm³/mol. The van der Waals surface area contributed by atoms with E-state index in [2.05, 4.69) is 15.9 Å². The van der Waals surface area contributed by atoms with Gasteiger partial charge in [-0.25, -0.2) is 0 Å². The van der Waals surface area contributed by atoms with Crippen LogP contribution in [0.3, 0.4) is 0 Å². The normalized spacial score (nSPS) is 9.92. The quantitative estimate of drug-likeness (QED) is 0.638. The molecule has 0 aliphatic carbocycles. The number of benzene rings is 1. The first-order valence-corrected chi connectivity index (χ1v) is 5.43. The molecule has 0 saturated carbocycles. The summed E-state index contributed by atoms with van der Waals surface area (Å²) in [7, 11) is 0. The molecule has 0 bridgehead atoms. The van der Waals surface area contributed by atoms with Crippen LogP contribution in [0.4, 0.5) is 0 Å². The maximum atomic E-state index is 9.13. The molecule has 0 fully saturated rings. The second kappa shape index (κ2) is 5.86. The van der Waals surface area contributed by atoms with E-state index in [4.69, 9.17) is 9.84 Å². The highest BCUT2D eigenvalue weighted by molar-refractivity contribution is 9.09. The van der Waals surface area contributed by atoms with Gasteiger partial charge in [0.2, 0.25) is 0 Å². The highest BCUT2D eigenvalue weighted by Crippen LogP contribution is 2.17. The van der Waals surface area contributed by atoms with Crippen molar-refractivity contribution in [3.05, 3.63) is 24.3 Å². The van der Waals surface area contributed by atoms with E-state index in [9.17, 15) is 0 Å². The summed E-state index contributed by atoms with van der Waals surface area (Å²) in [5, 5.41) is 10.1. The van der Waals surface area contributed by atoms with Crippen molar-refractivity contribution < 1.29 is 9.84 Å². The molecule has 0 heterocycles. The Morgan fingerprint density at radius 2 is 2.15 bits per heavy atom. The Bertz CT molecular complexity index is 250. The topological polar surface area (TPSA) is 29.5 Å². The maximum absolute atomic E-state index is 9.13. The van der Waals surface area contributed by atoms with Crippen molar-refractivity contribution in [2.45, 2.75) is 12.8 Å². The van der Waals surface area contributed by atoms with Crippen molar-refractivity contribution in [3.8, 4) is 11.5 Å². The minimum absolute atomic E-state index is 0.248. The van der Waals surface area contributed by atoms with Crippen molar-refractivity contribution in [3.63, 3.8) is 0 Å². The van der Waals surface area contributed by atoms with E-state index in [-0.39, 0.29) is 5.75 Å². The van der Waals surface area contributed by atoms with Gasteiger partial charge in [0.25, 0.3) is 0 Å². The van der Waals surface area contributed by atoms with E-state index in [1.54, 1.807) is 18.2 Å². The molecule has 1 rings (SSSR count). The Kier molecular flexibility index (Phi) is 4.68. The molecule has 0 spiro atoms. The van der Waals surface area contributed by atoms with Crippen LogP contribution < -0.4 is 4.74 Å². The fraction of sp³-hybridized carbons (Fsp3) is 0.400. The lowest BCUT2D eigenvalue weighted by molar-refractivity contribution is 0.308. The number of hydrogen-bond donors (Lipinski definition) is 1. The molecule has 2 nitrogen and oxygen atoms in total. The smallest absolute Gasteiger partial charge is 0.122 e. The van der Waals surface area contributed by atoms with Crippen LogP contribution in [0.2, 0.25) is 0 Å². The average molecular weight is 245 g/mol. The van der Waals surface area contributed by atoms with Crippen LogP contribution in [0.1, 0.15) is 12.8 Å². The summed E-state index contributed by atoms with van der Waals surface area (Å²) in [6, 6.07) is 6.86. The molecule has 0 radical (unpaired) electrons. The Hall–Kier alpha value is -0.700. The molecule has 0 unspecified atom stereocenters. The lowest BCUT2D eigenvalue weighted by Gasteiger charge is -2.04. The summed E-state index contributed by atoms with van der Waals surface area (Å²) in [6.45, 7) is 0.703. The first kappa shape index (κ1) is 10.4. The molecule has 0 aliphatic heterocycles. The molecular weight excluding hydrogens is 232 g/mol. The molecule has 3 heteroatoms. The third-order valence-electron chi connectivity index (χ3n) is 1.61.